The van der Waals surface area contributed by atoms with Crippen LogP contribution in [0.5, 0.6) is 0 Å². The predicted molar refractivity (Wildman–Crippen MR) is 42.1 cm³/mol. The van der Waals surface area contributed by atoms with E-state index in [-0.39, 0.29) is 4.88 Å². The summed E-state index contributed by atoms with van der Waals surface area (Å²) in [6.07, 6.45) is -4.96. The summed E-state index contributed by atoms with van der Waals surface area (Å²) < 4.78 is 35.2. The van der Waals surface area contributed by atoms with Gasteiger partial charge in [0.25, 0.3) is 0 Å². The van der Waals surface area contributed by atoms with E-state index >= 15 is 0 Å². The first-order valence-corrected chi connectivity index (χ1v) is 4.31. The third-order valence-electron chi connectivity index (χ3n) is 1.34. The quantitative estimate of drug-likeness (QED) is 0.580. The normalized spacial score (nSPS) is 11.4. The lowest BCUT2D eigenvalue weighted by molar-refractivity contribution is -0.170. The smallest absolute Gasteiger partial charge is 0.293 e. The maximum atomic E-state index is 11.7. The van der Waals surface area contributed by atoms with E-state index in [0.717, 1.165) is 17.5 Å². The molecule has 0 unspecified atom stereocenters. The molecule has 0 bridgehead atoms. The van der Waals surface area contributed by atoms with Crippen LogP contribution >= 0.6 is 11.3 Å². The van der Waals surface area contributed by atoms with Crippen molar-refractivity contribution in [1.29, 1.82) is 0 Å². The zero-order valence-electron chi connectivity index (χ0n) is 6.67. The monoisotopic (exact) mass is 223 g/mol. The average Bonchev–Trinajstić information content (AvgIpc) is 2.53. The number of carbonyl (C=O) groups is 2. The molecular formula is C7H4F3NO2S. The van der Waals surface area contributed by atoms with Gasteiger partial charge < -0.3 is 0 Å². The zero-order chi connectivity index (χ0) is 10.8. The van der Waals surface area contributed by atoms with Gasteiger partial charge in [-0.1, -0.05) is 0 Å². The summed E-state index contributed by atoms with van der Waals surface area (Å²) in [6.45, 7) is 0. The topological polar surface area (TPSA) is 47.0 Å². The molecule has 0 fully saturated rings. The molecule has 7 heteroatoms. The van der Waals surface area contributed by atoms with E-state index in [1.54, 1.807) is 0 Å². The van der Waals surface area contributed by atoms with Crippen LogP contribution in [0.3, 0.4) is 0 Å². The fraction of sp³-hybridized carbons (Fsp3) is 0.286. The number of rotatable bonds is 3. The number of thiazole rings is 1. The lowest BCUT2D eigenvalue weighted by atomic mass is 10.2. The maximum absolute atomic E-state index is 11.7. The molecule has 76 valence electrons. The minimum Gasteiger partial charge on any atom is -0.293 e. The Hall–Kier alpha value is -1.24. The number of ketones is 2. The highest BCUT2D eigenvalue weighted by molar-refractivity contribution is 7.11. The molecule has 3 nitrogen and oxygen atoms in total. The first kappa shape index (κ1) is 10.8. The van der Waals surface area contributed by atoms with E-state index in [4.69, 9.17) is 0 Å². The van der Waals surface area contributed by atoms with Gasteiger partial charge in [-0.2, -0.15) is 13.2 Å². The fourth-order valence-corrected chi connectivity index (χ4v) is 1.25. The Bertz CT molecular complexity index is 344. The Kier molecular flexibility index (Phi) is 3.00. The van der Waals surface area contributed by atoms with Crippen molar-refractivity contribution >= 4 is 22.9 Å². The second-order valence-corrected chi connectivity index (χ2v) is 3.27. The fourth-order valence-electron chi connectivity index (χ4n) is 0.687. The molecule has 1 aromatic rings. The van der Waals surface area contributed by atoms with E-state index in [1.165, 1.54) is 5.51 Å². The molecule has 1 heterocycles. The zero-order valence-corrected chi connectivity index (χ0v) is 7.48. The highest BCUT2D eigenvalue weighted by atomic mass is 32.1. The molecule has 0 aliphatic rings. The van der Waals surface area contributed by atoms with Crippen molar-refractivity contribution in [1.82, 2.24) is 4.98 Å². The number of hydrogen-bond acceptors (Lipinski definition) is 4. The molecule has 0 atom stereocenters. The molecule has 0 aliphatic heterocycles. The Balaban J connectivity index is 2.63. The standard InChI is InChI=1S/C7H4F3NO2S/c8-7(9,10)6(13)1-4(12)5-2-11-3-14-5/h2-3H,1H2. The molecule has 0 saturated heterocycles. The third-order valence-corrected chi connectivity index (χ3v) is 2.16. The number of Topliss-reactive ketones (excluding diaryl/α,β-unsaturated/α-hetero) is 2. The lowest BCUT2D eigenvalue weighted by Crippen LogP contribution is -2.25. The highest BCUT2D eigenvalue weighted by Crippen LogP contribution is 2.19. The van der Waals surface area contributed by atoms with Gasteiger partial charge in [0.05, 0.1) is 16.8 Å². The summed E-state index contributed by atoms with van der Waals surface area (Å²) in [5.41, 5.74) is 1.31. The van der Waals surface area contributed by atoms with Gasteiger partial charge in [0.2, 0.25) is 5.78 Å². The van der Waals surface area contributed by atoms with Gasteiger partial charge in [-0.05, 0) is 0 Å². The Morgan fingerprint density at radius 2 is 2.07 bits per heavy atom. The van der Waals surface area contributed by atoms with Crippen LogP contribution in [0.4, 0.5) is 13.2 Å². The van der Waals surface area contributed by atoms with Crippen LogP contribution < -0.4 is 0 Å². The van der Waals surface area contributed by atoms with Crippen molar-refractivity contribution in [3.8, 4) is 0 Å². The summed E-state index contributed by atoms with van der Waals surface area (Å²) in [4.78, 5) is 25.0. The lowest BCUT2D eigenvalue weighted by Gasteiger charge is -2.02. The van der Waals surface area contributed by atoms with Gasteiger partial charge in [0, 0.05) is 6.20 Å². The average molecular weight is 223 g/mol. The molecule has 0 aliphatic carbocycles. The van der Waals surface area contributed by atoms with Crippen molar-refractivity contribution < 1.29 is 22.8 Å². The van der Waals surface area contributed by atoms with Crippen molar-refractivity contribution in [3.63, 3.8) is 0 Å². The van der Waals surface area contributed by atoms with Gasteiger partial charge in [-0.25, -0.2) is 0 Å². The SMILES string of the molecule is O=C(CC(=O)C(F)(F)F)c1cncs1. The maximum Gasteiger partial charge on any atom is 0.450 e. The summed E-state index contributed by atoms with van der Waals surface area (Å²) in [7, 11) is 0. The third kappa shape index (κ3) is 2.63. The highest BCUT2D eigenvalue weighted by Gasteiger charge is 2.39. The van der Waals surface area contributed by atoms with Gasteiger partial charge in [0.15, 0.2) is 5.78 Å². The van der Waals surface area contributed by atoms with Crippen molar-refractivity contribution in [3.05, 3.63) is 16.6 Å². The number of carbonyl (C=O) groups excluding carboxylic acids is 2. The minimum atomic E-state index is -4.94. The van der Waals surface area contributed by atoms with Crippen molar-refractivity contribution in [2.45, 2.75) is 12.6 Å². The van der Waals surface area contributed by atoms with Crippen LogP contribution in [-0.4, -0.2) is 22.7 Å². The van der Waals surface area contributed by atoms with E-state index in [0.29, 0.717) is 0 Å². The largest absolute Gasteiger partial charge is 0.450 e. The van der Waals surface area contributed by atoms with Crippen LogP contribution in [0.25, 0.3) is 0 Å². The summed E-state index contributed by atoms with van der Waals surface area (Å²) in [6, 6.07) is 0. The molecule has 14 heavy (non-hydrogen) atoms. The van der Waals surface area contributed by atoms with Crippen LogP contribution in [0.2, 0.25) is 0 Å². The number of alkyl halides is 3. The molecule has 1 aromatic heterocycles. The van der Waals surface area contributed by atoms with Gasteiger partial charge in [0.1, 0.15) is 0 Å². The van der Waals surface area contributed by atoms with Gasteiger partial charge in [-0.15, -0.1) is 11.3 Å². The molecule has 0 N–H and O–H groups in total. The summed E-state index contributed by atoms with van der Waals surface area (Å²) in [5, 5.41) is 0. The minimum absolute atomic E-state index is 0.0580. The van der Waals surface area contributed by atoms with Crippen LogP contribution in [0.1, 0.15) is 16.1 Å². The second kappa shape index (κ2) is 3.87. The van der Waals surface area contributed by atoms with Crippen molar-refractivity contribution in [2.75, 3.05) is 0 Å². The molecule has 0 spiro atoms. The number of halogens is 3. The Morgan fingerprint density at radius 3 is 2.50 bits per heavy atom. The second-order valence-electron chi connectivity index (χ2n) is 2.39. The van der Waals surface area contributed by atoms with E-state index in [9.17, 15) is 22.8 Å². The number of hydrogen-bond donors (Lipinski definition) is 0. The molecule has 1 rings (SSSR count). The van der Waals surface area contributed by atoms with Crippen LogP contribution in [-0.2, 0) is 4.79 Å². The van der Waals surface area contributed by atoms with Crippen molar-refractivity contribution in [2.24, 2.45) is 0 Å². The molecule has 0 aromatic carbocycles. The van der Waals surface area contributed by atoms with Crippen LogP contribution in [0.15, 0.2) is 11.7 Å². The van der Waals surface area contributed by atoms with E-state index in [1.807, 2.05) is 0 Å². The molecular weight excluding hydrogens is 219 g/mol. The first-order chi connectivity index (χ1) is 6.41. The summed E-state index contributed by atoms with van der Waals surface area (Å²) in [5.74, 6) is -2.88. The van der Waals surface area contributed by atoms with E-state index < -0.39 is 24.2 Å². The molecule has 0 radical (unpaired) electrons. The van der Waals surface area contributed by atoms with E-state index in [2.05, 4.69) is 4.98 Å². The number of nitrogens with zero attached hydrogens (tertiary/aromatic N) is 1. The Labute approximate surface area is 80.6 Å². The van der Waals surface area contributed by atoms with Gasteiger partial charge in [-0.3, -0.25) is 14.6 Å². The predicted octanol–water partition coefficient (Wildman–Crippen LogP) is 1.85. The Morgan fingerprint density at radius 1 is 1.43 bits per heavy atom. The van der Waals surface area contributed by atoms with Crippen LogP contribution in [0, 0.1) is 0 Å². The number of aromatic nitrogens is 1. The molecule has 0 amide bonds. The van der Waals surface area contributed by atoms with Gasteiger partial charge >= 0.3 is 6.18 Å². The summed E-state index contributed by atoms with van der Waals surface area (Å²) >= 11 is 0.903. The first-order valence-electron chi connectivity index (χ1n) is 3.43. The molecule has 0 saturated carbocycles.